The first-order chi connectivity index (χ1) is 1.73. The van der Waals surface area contributed by atoms with Gasteiger partial charge in [-0.15, -0.1) is 17.4 Å². The quantitative estimate of drug-likeness (QED) is 0.485. The molecule has 0 amide bonds. The van der Waals surface area contributed by atoms with Crippen LogP contribution in [0.5, 0.6) is 0 Å². The van der Waals surface area contributed by atoms with Gasteiger partial charge in [0.2, 0.25) is 0 Å². The molecule has 0 spiro atoms. The molecule has 0 rings (SSSR count). The molecule has 0 aliphatic heterocycles. The van der Waals surface area contributed by atoms with Crippen LogP contribution < -0.4 is 0 Å². The van der Waals surface area contributed by atoms with Crippen LogP contribution in [0.2, 0.25) is 17.4 Å². The summed E-state index contributed by atoms with van der Waals surface area (Å²) in [4.78, 5) is 0. The van der Waals surface area contributed by atoms with E-state index in [0.717, 1.165) is 0 Å². The molecular weight excluding hydrogens is 164 g/mol. The van der Waals surface area contributed by atoms with Gasteiger partial charge in [0.05, 0.1) is 0 Å². The molecule has 0 bridgehead atoms. The smallest absolute Gasteiger partial charge is 0.106 e. The Morgan fingerprint density at radius 1 is 1.00 bits per heavy atom. The zero-order valence-electron chi connectivity index (χ0n) is 3.93. The van der Waals surface area contributed by atoms with Crippen LogP contribution in [0.25, 0.3) is 0 Å². The van der Waals surface area contributed by atoms with E-state index in [1.54, 1.807) is 0 Å². The molecule has 0 N–H and O–H groups in total. The van der Waals surface area contributed by atoms with Gasteiger partial charge in [0, 0.05) is 19.5 Å². The molecule has 0 fully saturated rings. The molecule has 0 saturated carbocycles. The van der Waals surface area contributed by atoms with Crippen molar-refractivity contribution in [2.24, 2.45) is 0 Å². The van der Waals surface area contributed by atoms with Crippen LogP contribution >= 0.6 is 0 Å². The van der Waals surface area contributed by atoms with Gasteiger partial charge in [-0.3, -0.25) is 0 Å². The summed E-state index contributed by atoms with van der Waals surface area (Å²) in [6.45, 7) is 0. The van der Waals surface area contributed by atoms with Crippen molar-refractivity contribution in [3.63, 3.8) is 0 Å². The van der Waals surface area contributed by atoms with Gasteiger partial charge in [-0.1, -0.05) is 0 Å². The van der Waals surface area contributed by atoms with E-state index in [4.69, 9.17) is 0 Å². The Bertz CT molecular complexity index is 11.6. The molecule has 32 valence electrons. The van der Waals surface area contributed by atoms with Crippen LogP contribution in [0.1, 0.15) is 0 Å². The monoisotopic (exact) mass is 174 g/mol. The average Bonchev–Trinajstić information content (AvgIpc) is 0.811. The van der Waals surface area contributed by atoms with Crippen LogP contribution in [0, 0.1) is 0 Å². The number of hydrogen-bond donors (Lipinski definition) is 0. The topological polar surface area (TPSA) is 0 Å². The molecule has 2 heteroatoms. The average molecular weight is 173 g/mol. The third-order valence-corrected chi connectivity index (χ3v) is 0. The molecule has 0 radical (unpaired) electrons. The summed E-state index contributed by atoms with van der Waals surface area (Å²) in [5.74, 6) is 6.92. The molecule has 0 heterocycles. The van der Waals surface area contributed by atoms with Crippen LogP contribution in [0.3, 0.4) is 0 Å². The summed E-state index contributed by atoms with van der Waals surface area (Å²) in [5.41, 5.74) is 0. The van der Waals surface area contributed by atoms with Gasteiger partial charge in [0.25, 0.3) is 14.1 Å². The molecule has 0 aromatic carbocycles. The molecule has 0 unspecified atom stereocenters. The molecule has 5 heavy (non-hydrogen) atoms. The third kappa shape index (κ3) is 38.4. The van der Waals surface area contributed by atoms with Gasteiger partial charge < -0.3 is 0 Å². The van der Waals surface area contributed by atoms with Gasteiger partial charge in [-0.2, -0.15) is 0 Å². The summed E-state index contributed by atoms with van der Waals surface area (Å²) < 4.78 is 0. The van der Waals surface area contributed by atoms with Crippen molar-refractivity contribution in [1.82, 2.24) is 0 Å². The fraction of sp³-hybridized carbons (Fsp3) is 1.00. The van der Waals surface area contributed by atoms with Gasteiger partial charge in [-0.05, 0) is 0 Å². The van der Waals surface area contributed by atoms with E-state index < -0.39 is 0 Å². The van der Waals surface area contributed by atoms with Crippen molar-refractivity contribution >= 4 is 14.1 Å². The Kier molecular flexibility index (Phi) is 9.77. The number of rotatable bonds is 0. The second-order valence-electron chi connectivity index (χ2n) is 1.73. The fourth-order valence-corrected chi connectivity index (χ4v) is 0. The molecular formula is C3H9AlRu. The third-order valence-electron chi connectivity index (χ3n) is 0. The summed E-state index contributed by atoms with van der Waals surface area (Å²) in [6.07, 6.45) is 0. The maximum Gasteiger partial charge on any atom is 0.251 e. The minimum absolute atomic E-state index is 0. The first kappa shape index (κ1) is 9.47. The number of hydrogen-bond acceptors (Lipinski definition) is 0. The van der Waals surface area contributed by atoms with Crippen LogP contribution in [-0.2, 0) is 19.5 Å². The van der Waals surface area contributed by atoms with Crippen LogP contribution in [0.15, 0.2) is 0 Å². The van der Waals surface area contributed by atoms with Gasteiger partial charge in [0.15, 0.2) is 0 Å². The van der Waals surface area contributed by atoms with Crippen molar-refractivity contribution < 1.29 is 19.5 Å². The second kappa shape index (κ2) is 5.16. The van der Waals surface area contributed by atoms with Crippen molar-refractivity contribution in [2.75, 3.05) is 0 Å². The second-order valence-corrected chi connectivity index (χ2v) is 5.20. The summed E-state index contributed by atoms with van der Waals surface area (Å²) in [6, 6.07) is 0. The molecule has 0 atom stereocenters. The van der Waals surface area contributed by atoms with Gasteiger partial charge in [0.1, 0.15) is 0 Å². The predicted octanol–water partition coefficient (Wildman–Crippen LogP) is 1.37. The molecule has 0 aromatic heterocycles. The van der Waals surface area contributed by atoms with E-state index in [1.807, 2.05) is 0 Å². The first-order valence-corrected chi connectivity index (χ1v) is 5.20. The first-order valence-electron chi connectivity index (χ1n) is 1.73. The van der Waals surface area contributed by atoms with Crippen LogP contribution in [0.4, 0.5) is 0 Å². The van der Waals surface area contributed by atoms with Crippen molar-refractivity contribution in [2.45, 2.75) is 17.4 Å². The van der Waals surface area contributed by atoms with Gasteiger partial charge in [-0.25, -0.2) is 0 Å². The maximum absolute atomic E-state index is 2.31. The standard InChI is InChI=1S/3CH3.Al.Ru/h3*1H3;;. The molecule has 0 nitrogen and oxygen atoms in total. The minimum atomic E-state index is -0.139. The van der Waals surface area contributed by atoms with E-state index in [-0.39, 0.29) is 33.6 Å². The van der Waals surface area contributed by atoms with E-state index in [1.165, 1.54) is 0 Å². The Morgan fingerprint density at radius 2 is 1.00 bits per heavy atom. The SMILES string of the molecule is [CH3][Al]([CH3])[CH3].[Ru]. The Labute approximate surface area is 51.1 Å². The summed E-state index contributed by atoms with van der Waals surface area (Å²) in [7, 11) is 0. The van der Waals surface area contributed by atoms with E-state index in [2.05, 4.69) is 17.4 Å². The summed E-state index contributed by atoms with van der Waals surface area (Å²) in [5, 5.41) is 0. The van der Waals surface area contributed by atoms with E-state index in [0.29, 0.717) is 0 Å². The normalized spacial score (nSPS) is 5.40. The van der Waals surface area contributed by atoms with Crippen molar-refractivity contribution in [1.29, 1.82) is 0 Å². The Morgan fingerprint density at radius 3 is 1.00 bits per heavy atom. The fourth-order valence-electron chi connectivity index (χ4n) is 0. The molecule has 0 aromatic rings. The largest absolute Gasteiger partial charge is 0.251 e. The zero-order chi connectivity index (χ0) is 3.58. The zero-order valence-corrected chi connectivity index (χ0v) is 6.82. The Balaban J connectivity index is 0. The maximum atomic E-state index is 2.31. The van der Waals surface area contributed by atoms with Crippen molar-refractivity contribution in [3.05, 3.63) is 0 Å². The Hall–Kier alpha value is 1.16. The molecule has 0 aliphatic carbocycles. The van der Waals surface area contributed by atoms with Gasteiger partial charge >= 0.3 is 0 Å². The van der Waals surface area contributed by atoms with E-state index >= 15 is 0 Å². The minimum Gasteiger partial charge on any atom is -0.106 e. The van der Waals surface area contributed by atoms with Crippen molar-refractivity contribution in [3.8, 4) is 0 Å². The molecule has 0 saturated heterocycles. The molecule has 0 aliphatic rings. The van der Waals surface area contributed by atoms with E-state index in [9.17, 15) is 0 Å². The summed E-state index contributed by atoms with van der Waals surface area (Å²) >= 11 is -0.139. The van der Waals surface area contributed by atoms with Crippen LogP contribution in [-0.4, -0.2) is 14.1 Å². The predicted molar refractivity (Wildman–Crippen MR) is 23.3 cm³/mol.